The maximum atomic E-state index is 11.8. The zero-order chi connectivity index (χ0) is 17.0. The lowest BCUT2D eigenvalue weighted by molar-refractivity contribution is -0.385. The van der Waals surface area contributed by atoms with Crippen molar-refractivity contribution in [2.24, 2.45) is 5.10 Å². The number of halogens is 1. The Bertz CT molecular complexity index is 807. The average molecular weight is 380 g/mol. The number of carbonyl (C=O) groups excluding carboxylic acids is 1. The largest absolute Gasteiger partial charge is 0.507 e. The van der Waals surface area contributed by atoms with Gasteiger partial charge in [-0.3, -0.25) is 14.9 Å². The summed E-state index contributed by atoms with van der Waals surface area (Å²) in [5.41, 5.74) is 1.98. The van der Waals surface area contributed by atoms with Crippen molar-refractivity contribution in [2.75, 3.05) is 0 Å². The minimum absolute atomic E-state index is 0.0223. The van der Waals surface area contributed by atoms with Crippen LogP contribution in [0.4, 0.5) is 5.69 Å². The molecule has 3 N–H and O–H groups in total. The molecule has 0 aliphatic heterocycles. The van der Waals surface area contributed by atoms with Crippen LogP contribution >= 0.6 is 15.9 Å². The van der Waals surface area contributed by atoms with E-state index in [-0.39, 0.29) is 32.8 Å². The Morgan fingerprint density at radius 2 is 2.00 bits per heavy atom. The number of nitro groups is 1. The number of benzene rings is 2. The summed E-state index contributed by atoms with van der Waals surface area (Å²) in [6.07, 6.45) is 1.06. The Kier molecular flexibility index (Phi) is 4.91. The van der Waals surface area contributed by atoms with Crippen molar-refractivity contribution in [3.8, 4) is 11.5 Å². The Morgan fingerprint density at radius 1 is 1.30 bits per heavy atom. The summed E-state index contributed by atoms with van der Waals surface area (Å²) in [5, 5.41) is 33.8. The van der Waals surface area contributed by atoms with E-state index < -0.39 is 10.8 Å². The van der Waals surface area contributed by atoms with Crippen LogP contribution in [-0.2, 0) is 0 Å². The van der Waals surface area contributed by atoms with Crippen LogP contribution in [0, 0.1) is 10.1 Å². The van der Waals surface area contributed by atoms with Crippen LogP contribution in [0.5, 0.6) is 11.5 Å². The highest BCUT2D eigenvalue weighted by Gasteiger charge is 2.14. The summed E-state index contributed by atoms with van der Waals surface area (Å²) in [4.78, 5) is 22.0. The van der Waals surface area contributed by atoms with Crippen molar-refractivity contribution in [3.05, 3.63) is 62.1 Å². The number of amides is 1. The summed E-state index contributed by atoms with van der Waals surface area (Å²) < 4.78 is 0.125. The highest BCUT2D eigenvalue weighted by molar-refractivity contribution is 9.10. The number of hydrogen-bond donors (Lipinski definition) is 3. The minimum atomic E-state index is -0.664. The van der Waals surface area contributed by atoms with E-state index in [2.05, 4.69) is 26.5 Å². The number of nitrogens with one attached hydrogen (secondary N) is 1. The fraction of sp³-hybridized carbons (Fsp3) is 0. The molecule has 0 bridgehead atoms. The molecule has 0 aliphatic rings. The molecule has 2 rings (SSSR count). The molecule has 0 fully saturated rings. The van der Waals surface area contributed by atoms with Gasteiger partial charge in [0.2, 0.25) is 0 Å². The summed E-state index contributed by atoms with van der Waals surface area (Å²) in [6.45, 7) is 0. The van der Waals surface area contributed by atoms with Crippen LogP contribution in [0.2, 0.25) is 0 Å². The predicted molar refractivity (Wildman–Crippen MR) is 85.6 cm³/mol. The molecule has 0 saturated carbocycles. The van der Waals surface area contributed by atoms with Gasteiger partial charge >= 0.3 is 0 Å². The van der Waals surface area contributed by atoms with Gasteiger partial charge in [-0.15, -0.1) is 0 Å². The normalized spacial score (nSPS) is 10.7. The van der Waals surface area contributed by atoms with Crippen molar-refractivity contribution >= 4 is 33.7 Å². The second kappa shape index (κ2) is 6.88. The first kappa shape index (κ1) is 16.4. The van der Waals surface area contributed by atoms with E-state index in [1.807, 2.05) is 0 Å². The third kappa shape index (κ3) is 3.83. The van der Waals surface area contributed by atoms with E-state index in [0.717, 1.165) is 18.3 Å². The molecule has 9 heteroatoms. The number of non-ortho nitro benzene ring substituents is 1. The standard InChI is InChI=1S/C14H10BrN3O5/c15-11-6-9(18(22)23)5-8(13(11)20)7-16-17-14(21)10-3-1-2-4-12(10)19/h1-7,19-20H,(H,17,21)/b16-7+. The highest BCUT2D eigenvalue weighted by Crippen LogP contribution is 2.31. The summed E-state index contributed by atoms with van der Waals surface area (Å²) in [7, 11) is 0. The van der Waals surface area contributed by atoms with Crippen LogP contribution in [0.15, 0.2) is 46.0 Å². The lowest BCUT2D eigenvalue weighted by atomic mass is 10.2. The SMILES string of the molecule is O=C(N/N=C/c1cc([N+](=O)[O-])cc(Br)c1O)c1ccccc1O. The lowest BCUT2D eigenvalue weighted by Gasteiger charge is -2.03. The number of rotatable bonds is 4. The van der Waals surface area contributed by atoms with E-state index in [9.17, 15) is 25.1 Å². The molecular formula is C14H10BrN3O5. The second-order valence-corrected chi connectivity index (χ2v) is 5.19. The molecule has 0 saturated heterocycles. The number of nitro benzene ring substituents is 1. The van der Waals surface area contributed by atoms with Gasteiger partial charge in [-0.2, -0.15) is 5.10 Å². The van der Waals surface area contributed by atoms with E-state index >= 15 is 0 Å². The molecule has 1 amide bonds. The molecule has 23 heavy (non-hydrogen) atoms. The lowest BCUT2D eigenvalue weighted by Crippen LogP contribution is -2.17. The number of carbonyl (C=O) groups is 1. The average Bonchev–Trinajstić information content (AvgIpc) is 2.51. The van der Waals surface area contributed by atoms with Crippen molar-refractivity contribution < 1.29 is 19.9 Å². The molecule has 8 nitrogen and oxygen atoms in total. The summed E-state index contributed by atoms with van der Waals surface area (Å²) in [5.74, 6) is -1.12. The van der Waals surface area contributed by atoms with E-state index in [4.69, 9.17) is 0 Å². The number of para-hydroxylation sites is 1. The van der Waals surface area contributed by atoms with Gasteiger partial charge in [0.25, 0.3) is 11.6 Å². The quantitative estimate of drug-likeness (QED) is 0.427. The van der Waals surface area contributed by atoms with Gasteiger partial charge in [0.05, 0.1) is 21.2 Å². The smallest absolute Gasteiger partial charge is 0.275 e. The van der Waals surface area contributed by atoms with E-state index in [1.165, 1.54) is 12.1 Å². The molecule has 0 heterocycles. The first-order chi connectivity index (χ1) is 10.9. The van der Waals surface area contributed by atoms with Gasteiger partial charge < -0.3 is 10.2 Å². The summed E-state index contributed by atoms with van der Waals surface area (Å²) in [6, 6.07) is 8.14. The Labute approximate surface area is 138 Å². The predicted octanol–water partition coefficient (Wildman–Crippen LogP) is 2.53. The molecule has 0 aliphatic carbocycles. The fourth-order valence-corrected chi connectivity index (χ4v) is 2.16. The van der Waals surface area contributed by atoms with Gasteiger partial charge in [0, 0.05) is 17.7 Å². The van der Waals surface area contributed by atoms with Gasteiger partial charge in [-0.25, -0.2) is 5.43 Å². The van der Waals surface area contributed by atoms with Gasteiger partial charge in [-0.05, 0) is 28.1 Å². The van der Waals surface area contributed by atoms with Crippen LogP contribution in [0.3, 0.4) is 0 Å². The molecule has 118 valence electrons. The molecule has 0 unspecified atom stereocenters. The molecule has 2 aromatic carbocycles. The molecule has 0 aromatic heterocycles. The van der Waals surface area contributed by atoms with Crippen molar-refractivity contribution in [1.82, 2.24) is 5.43 Å². The summed E-state index contributed by atoms with van der Waals surface area (Å²) >= 11 is 3.00. The molecule has 0 spiro atoms. The number of nitrogens with zero attached hydrogens (tertiary/aromatic N) is 2. The van der Waals surface area contributed by atoms with Crippen LogP contribution in [0.1, 0.15) is 15.9 Å². The van der Waals surface area contributed by atoms with E-state index in [0.29, 0.717) is 0 Å². The molecule has 0 radical (unpaired) electrons. The zero-order valence-corrected chi connectivity index (χ0v) is 13.0. The second-order valence-electron chi connectivity index (χ2n) is 4.34. The monoisotopic (exact) mass is 379 g/mol. The van der Waals surface area contributed by atoms with Crippen LogP contribution in [0.25, 0.3) is 0 Å². The van der Waals surface area contributed by atoms with E-state index in [1.54, 1.807) is 12.1 Å². The first-order valence-electron chi connectivity index (χ1n) is 6.18. The van der Waals surface area contributed by atoms with Crippen LogP contribution in [-0.4, -0.2) is 27.3 Å². The number of aromatic hydroxyl groups is 2. The Balaban J connectivity index is 2.19. The first-order valence-corrected chi connectivity index (χ1v) is 6.97. The maximum Gasteiger partial charge on any atom is 0.275 e. The van der Waals surface area contributed by atoms with Crippen molar-refractivity contribution in [3.63, 3.8) is 0 Å². The van der Waals surface area contributed by atoms with Gasteiger partial charge in [0.1, 0.15) is 11.5 Å². The van der Waals surface area contributed by atoms with Crippen LogP contribution < -0.4 is 5.43 Å². The third-order valence-corrected chi connectivity index (χ3v) is 3.41. The topological polar surface area (TPSA) is 125 Å². The maximum absolute atomic E-state index is 11.8. The number of hydrogen-bond acceptors (Lipinski definition) is 6. The molecular weight excluding hydrogens is 370 g/mol. The Morgan fingerprint density at radius 3 is 2.65 bits per heavy atom. The molecule has 2 aromatic rings. The van der Waals surface area contributed by atoms with Gasteiger partial charge in [-0.1, -0.05) is 12.1 Å². The zero-order valence-electron chi connectivity index (χ0n) is 11.4. The number of phenolic OH excluding ortho intramolecular Hbond substituents is 2. The van der Waals surface area contributed by atoms with Crippen molar-refractivity contribution in [2.45, 2.75) is 0 Å². The molecule has 0 atom stereocenters. The highest BCUT2D eigenvalue weighted by atomic mass is 79.9. The fourth-order valence-electron chi connectivity index (χ4n) is 1.70. The number of phenols is 2. The number of hydrazone groups is 1. The van der Waals surface area contributed by atoms with Crippen molar-refractivity contribution in [1.29, 1.82) is 0 Å². The third-order valence-electron chi connectivity index (χ3n) is 2.81. The van der Waals surface area contributed by atoms with Gasteiger partial charge in [0.15, 0.2) is 0 Å². The minimum Gasteiger partial charge on any atom is -0.507 e. The Hall–Kier alpha value is -2.94.